The molecule has 3 N–H and O–H groups in total. The van der Waals surface area contributed by atoms with Gasteiger partial charge in [0.1, 0.15) is 5.82 Å². The summed E-state index contributed by atoms with van der Waals surface area (Å²) < 4.78 is 7.47. The van der Waals surface area contributed by atoms with Gasteiger partial charge in [-0.05, 0) is 56.3 Å². The summed E-state index contributed by atoms with van der Waals surface area (Å²) in [4.78, 5) is 21.6. The van der Waals surface area contributed by atoms with E-state index in [1.807, 2.05) is 22.9 Å². The molecule has 2 aliphatic rings. The Morgan fingerprint density at radius 2 is 2.12 bits per heavy atom. The van der Waals surface area contributed by atoms with Crippen molar-refractivity contribution in [3.63, 3.8) is 0 Å². The highest BCUT2D eigenvalue weighted by atomic mass is 35.5. The summed E-state index contributed by atoms with van der Waals surface area (Å²) in [7, 11) is 0. The lowest BCUT2D eigenvalue weighted by Crippen LogP contribution is -2.37. The first kappa shape index (κ1) is 23.2. The Kier molecular flexibility index (Phi) is 7.10. The molecule has 2 aliphatic heterocycles. The number of halogens is 1. The Balaban J connectivity index is 1.37. The van der Waals surface area contributed by atoms with Gasteiger partial charge in [-0.2, -0.15) is 0 Å². The summed E-state index contributed by atoms with van der Waals surface area (Å²) >= 11 is 6.50. The van der Waals surface area contributed by atoms with Crippen LogP contribution in [0, 0.1) is 11.8 Å². The lowest BCUT2D eigenvalue weighted by molar-refractivity contribution is -0.120. The third-order valence-corrected chi connectivity index (χ3v) is 7.20. The number of pyridine rings is 2. The first-order valence-corrected chi connectivity index (χ1v) is 12.3. The van der Waals surface area contributed by atoms with Crippen LogP contribution >= 0.6 is 11.6 Å². The predicted molar refractivity (Wildman–Crippen MR) is 132 cm³/mol. The maximum Gasteiger partial charge on any atom is 0.229 e. The number of aliphatic hydroxyl groups excluding tert-OH is 1. The molecule has 5 heterocycles. The Labute approximate surface area is 203 Å². The first-order chi connectivity index (χ1) is 16.6. The number of aromatic nitrogens is 3. The van der Waals surface area contributed by atoms with Crippen molar-refractivity contribution in [3.05, 3.63) is 41.8 Å². The van der Waals surface area contributed by atoms with E-state index in [-0.39, 0.29) is 17.7 Å². The number of carbonyl (C=O) groups excluding carboxylic acids is 1. The zero-order chi connectivity index (χ0) is 23.5. The minimum atomic E-state index is -0.441. The molecule has 180 valence electrons. The molecular weight excluding hydrogens is 454 g/mol. The van der Waals surface area contributed by atoms with Crippen molar-refractivity contribution in [3.8, 4) is 11.1 Å². The molecule has 3 aromatic heterocycles. The van der Waals surface area contributed by atoms with E-state index < -0.39 is 6.10 Å². The van der Waals surface area contributed by atoms with Crippen molar-refractivity contribution in [2.75, 3.05) is 31.6 Å². The second-order valence-electron chi connectivity index (χ2n) is 9.20. The minimum absolute atomic E-state index is 0.0301. The third kappa shape index (κ3) is 5.10. The molecular formula is C25H30ClN5O3. The van der Waals surface area contributed by atoms with Crippen LogP contribution in [0.5, 0.6) is 0 Å². The van der Waals surface area contributed by atoms with Gasteiger partial charge in [0.05, 0.1) is 28.1 Å². The number of anilines is 1. The molecule has 0 aromatic carbocycles. The van der Waals surface area contributed by atoms with Crippen LogP contribution in [0.25, 0.3) is 22.2 Å². The van der Waals surface area contributed by atoms with Gasteiger partial charge >= 0.3 is 0 Å². The zero-order valence-corrected chi connectivity index (χ0v) is 19.8. The Morgan fingerprint density at radius 1 is 1.26 bits per heavy atom. The van der Waals surface area contributed by atoms with Crippen molar-refractivity contribution >= 4 is 34.4 Å². The van der Waals surface area contributed by atoms with E-state index in [2.05, 4.69) is 20.6 Å². The quantitative estimate of drug-likeness (QED) is 0.496. The number of amides is 1. The van der Waals surface area contributed by atoms with E-state index in [0.29, 0.717) is 37.1 Å². The maximum absolute atomic E-state index is 12.6. The average Bonchev–Trinajstić information content (AvgIpc) is 3.28. The van der Waals surface area contributed by atoms with Gasteiger partial charge in [0.15, 0.2) is 0 Å². The number of fused-ring (bicyclic) bond motifs is 1. The Hall–Kier alpha value is -2.52. The SMILES string of the molecule is O=C(Nc1cc(-c2cnc3ccn(CC(O)C4CCOCC4)c3c2)c(Cl)cn1)C1CCCNC1. The van der Waals surface area contributed by atoms with E-state index in [1.165, 1.54) is 0 Å². The van der Waals surface area contributed by atoms with Crippen LogP contribution in [0.1, 0.15) is 25.7 Å². The number of rotatable bonds is 6. The lowest BCUT2D eigenvalue weighted by atomic mass is 9.94. The molecule has 3 aromatic rings. The number of hydrogen-bond acceptors (Lipinski definition) is 6. The van der Waals surface area contributed by atoms with E-state index in [9.17, 15) is 9.90 Å². The number of piperidine rings is 1. The van der Waals surface area contributed by atoms with Crippen molar-refractivity contribution < 1.29 is 14.6 Å². The third-order valence-electron chi connectivity index (χ3n) is 6.90. The van der Waals surface area contributed by atoms with Crippen LogP contribution in [-0.4, -0.2) is 58.0 Å². The van der Waals surface area contributed by atoms with Crippen LogP contribution in [0.4, 0.5) is 5.82 Å². The fourth-order valence-electron chi connectivity index (χ4n) is 4.85. The molecule has 34 heavy (non-hydrogen) atoms. The van der Waals surface area contributed by atoms with Crippen molar-refractivity contribution in [1.82, 2.24) is 19.9 Å². The predicted octanol–water partition coefficient (Wildman–Crippen LogP) is 3.48. The lowest BCUT2D eigenvalue weighted by Gasteiger charge is -2.27. The highest BCUT2D eigenvalue weighted by molar-refractivity contribution is 6.33. The van der Waals surface area contributed by atoms with Crippen LogP contribution in [0.15, 0.2) is 36.8 Å². The maximum atomic E-state index is 12.6. The largest absolute Gasteiger partial charge is 0.391 e. The van der Waals surface area contributed by atoms with Gasteiger partial charge < -0.3 is 25.0 Å². The second-order valence-corrected chi connectivity index (χ2v) is 9.60. The van der Waals surface area contributed by atoms with Gasteiger partial charge in [0.2, 0.25) is 5.91 Å². The molecule has 0 radical (unpaired) electrons. The van der Waals surface area contributed by atoms with E-state index in [0.717, 1.165) is 54.4 Å². The Bertz CT molecular complexity index is 1150. The van der Waals surface area contributed by atoms with Gasteiger partial charge in [-0.15, -0.1) is 0 Å². The van der Waals surface area contributed by atoms with Crippen LogP contribution in [0.2, 0.25) is 5.02 Å². The molecule has 2 atom stereocenters. The number of ether oxygens (including phenoxy) is 1. The van der Waals surface area contributed by atoms with Crippen molar-refractivity contribution in [2.24, 2.45) is 11.8 Å². The molecule has 0 saturated carbocycles. The summed E-state index contributed by atoms with van der Waals surface area (Å²) in [5.74, 6) is 0.624. The fraction of sp³-hybridized carbons (Fsp3) is 0.480. The molecule has 2 saturated heterocycles. The molecule has 2 fully saturated rings. The zero-order valence-electron chi connectivity index (χ0n) is 19.0. The normalized spacial score (nSPS) is 20.4. The van der Waals surface area contributed by atoms with Crippen LogP contribution in [0.3, 0.4) is 0 Å². The van der Waals surface area contributed by atoms with Crippen LogP contribution in [-0.2, 0) is 16.1 Å². The molecule has 0 bridgehead atoms. The molecule has 0 aliphatic carbocycles. The molecule has 1 amide bonds. The van der Waals surface area contributed by atoms with Gasteiger partial charge in [0, 0.05) is 56.0 Å². The second kappa shape index (κ2) is 10.4. The number of nitrogens with zero attached hydrogens (tertiary/aromatic N) is 3. The summed E-state index contributed by atoms with van der Waals surface area (Å²) in [6.07, 6.45) is 8.47. The molecule has 8 nitrogen and oxygen atoms in total. The average molecular weight is 484 g/mol. The summed E-state index contributed by atoms with van der Waals surface area (Å²) in [5.41, 5.74) is 3.36. The monoisotopic (exact) mass is 483 g/mol. The summed E-state index contributed by atoms with van der Waals surface area (Å²) in [6.45, 7) is 3.55. The molecule has 0 spiro atoms. The minimum Gasteiger partial charge on any atom is -0.391 e. The Morgan fingerprint density at radius 3 is 2.91 bits per heavy atom. The summed E-state index contributed by atoms with van der Waals surface area (Å²) in [6, 6.07) is 5.77. The molecule has 5 rings (SSSR count). The smallest absolute Gasteiger partial charge is 0.229 e. The topological polar surface area (TPSA) is 101 Å². The van der Waals surface area contributed by atoms with Gasteiger partial charge in [-0.1, -0.05) is 11.6 Å². The van der Waals surface area contributed by atoms with Gasteiger partial charge in [-0.3, -0.25) is 9.78 Å². The van der Waals surface area contributed by atoms with Crippen molar-refractivity contribution in [2.45, 2.75) is 38.3 Å². The van der Waals surface area contributed by atoms with Gasteiger partial charge in [0.25, 0.3) is 0 Å². The number of hydrogen-bond donors (Lipinski definition) is 3. The summed E-state index contributed by atoms with van der Waals surface area (Å²) in [5, 5.41) is 17.5. The van der Waals surface area contributed by atoms with E-state index in [4.69, 9.17) is 16.3 Å². The highest BCUT2D eigenvalue weighted by Gasteiger charge is 2.24. The standard InChI is InChI=1S/C25H30ClN5O3/c26-20-14-29-24(30-25(33)17-2-1-6-27-12-17)11-19(20)18-10-22-21(28-13-18)3-7-31(22)15-23(32)16-4-8-34-9-5-16/h3,7,10-11,13-14,16-17,23,27,32H,1-2,4-6,8-9,12,15H2,(H,29,30,33). The van der Waals surface area contributed by atoms with Crippen molar-refractivity contribution in [1.29, 1.82) is 0 Å². The fourth-order valence-corrected chi connectivity index (χ4v) is 5.07. The number of nitrogens with one attached hydrogen (secondary N) is 2. The first-order valence-electron chi connectivity index (χ1n) is 12.0. The molecule has 9 heteroatoms. The number of carbonyl (C=O) groups is 1. The van der Waals surface area contributed by atoms with E-state index in [1.54, 1.807) is 18.5 Å². The van der Waals surface area contributed by atoms with Gasteiger partial charge in [-0.25, -0.2) is 4.98 Å². The van der Waals surface area contributed by atoms with Crippen LogP contribution < -0.4 is 10.6 Å². The highest BCUT2D eigenvalue weighted by Crippen LogP contribution is 2.31. The van der Waals surface area contributed by atoms with E-state index >= 15 is 0 Å². The number of aliphatic hydroxyl groups is 1. The molecule has 2 unspecified atom stereocenters.